The van der Waals surface area contributed by atoms with Gasteiger partial charge in [-0.25, -0.2) is 38.3 Å². The van der Waals surface area contributed by atoms with Gasteiger partial charge >= 0.3 is 6.15 Å². The fourth-order valence-electron chi connectivity index (χ4n) is 14.9. The molecule has 39 heteroatoms. The zero-order valence-corrected chi connectivity index (χ0v) is 72.5. The van der Waals surface area contributed by atoms with Crippen LogP contribution in [-0.2, 0) is 51.5 Å². The van der Waals surface area contributed by atoms with Crippen LogP contribution < -0.4 is 63.8 Å². The molecule has 0 aliphatic carbocycles. The van der Waals surface area contributed by atoms with Crippen molar-refractivity contribution in [2.24, 2.45) is 0 Å². The van der Waals surface area contributed by atoms with Gasteiger partial charge < -0.3 is 63.8 Å². The summed E-state index contributed by atoms with van der Waals surface area (Å²) in [6.45, 7) is 9.07. The number of fused-ring (bicyclic) bond motifs is 6. The number of hydrogen-bond acceptors (Lipinski definition) is 30. The van der Waals surface area contributed by atoms with Gasteiger partial charge in [0.1, 0.15) is 34.9 Å². The standard InChI is InChI=1S/C18H16N4.C13H13ClN4.C13H13N5O2.C13H14N4O2S.C13H14N4.C12H12N4.CO2.6ClH/c19-18-20-11-10-17(21-18)22-15-9-5-4-8-14(15)12-16(22)13-6-2-1-3-7-13;1-8-6-9-7-10(14)2-3-11(9)18(8)12-4-5-16-13(15)17-12;1-8-6-9-7-10(18(19)20)2-3-11(9)17(8)12-4-5-15-13(14)16-12;1-20(18,19)10-2-3-11-9(8-10)5-7-17(11)12-4-6-15-13(14)16-12;1-9-8-17(11-5-3-2-4-10(9)11)12-6-7-15-13(14)16-12;13-12-14-7-5-11(15-12)16-8-6-9-3-1-2-4-10(9)16;2-1-3;;;;;;/h1-11,16H,12H2,(H2,19,20,21);2-5,7-8H,6H2,1H3,(H2,15,16,17);2-5,7-8H,6H2,1H3,(H2,14,15,16);2-4,6,8H,5,7H2,1H3,(H2,14,15,16);2-7,9H,8H2,1H3,(H2,14,15,16);1-5,7H,6,8H2,(H2,13,14,15);;6*1H. The molecule has 0 saturated heterocycles. The molecule has 0 amide bonds. The zero-order chi connectivity index (χ0) is 81.7. The van der Waals surface area contributed by atoms with Crippen LogP contribution >= 0.6 is 86.0 Å². The van der Waals surface area contributed by atoms with Crippen LogP contribution in [0.2, 0.25) is 5.02 Å². The first-order valence-corrected chi connectivity index (χ1v) is 39.2. The Balaban J connectivity index is 0.000000199. The van der Waals surface area contributed by atoms with Crippen molar-refractivity contribution in [3.8, 4) is 0 Å². The molecular formula is C83H88Cl7N25O6S. The minimum atomic E-state index is -3.18. The first kappa shape index (κ1) is 96.5. The van der Waals surface area contributed by atoms with E-state index in [-0.39, 0.29) is 115 Å². The molecule has 6 aromatic heterocycles. The van der Waals surface area contributed by atoms with Crippen molar-refractivity contribution in [1.29, 1.82) is 0 Å². The van der Waals surface area contributed by atoms with Crippen LogP contribution in [0.4, 0.5) is 110 Å². The van der Waals surface area contributed by atoms with E-state index in [1.54, 1.807) is 73.6 Å². The Hall–Kier alpha value is -12.6. The molecule has 4 atom stereocenters. The van der Waals surface area contributed by atoms with Gasteiger partial charge in [0.15, 0.2) is 9.84 Å². The van der Waals surface area contributed by atoms with Gasteiger partial charge in [-0.15, -0.1) is 74.4 Å². The largest absolute Gasteiger partial charge is 0.373 e. The molecule has 636 valence electrons. The van der Waals surface area contributed by atoms with Crippen molar-refractivity contribution in [3.05, 3.63) is 285 Å². The average molecular weight is 1810 g/mol. The van der Waals surface area contributed by atoms with Gasteiger partial charge in [0.2, 0.25) is 35.7 Å². The van der Waals surface area contributed by atoms with Gasteiger partial charge in [0, 0.05) is 132 Å². The number of para-hydroxylation sites is 3. The van der Waals surface area contributed by atoms with Crippen LogP contribution in [0.15, 0.2) is 236 Å². The number of nitro benzene ring substituents is 1. The third-order valence-corrected chi connectivity index (χ3v) is 21.3. The highest BCUT2D eigenvalue weighted by Crippen LogP contribution is 2.46. The summed E-state index contributed by atoms with van der Waals surface area (Å²) >= 11 is 6.03. The Bertz CT molecular complexity index is 5890. The van der Waals surface area contributed by atoms with E-state index >= 15 is 0 Å². The van der Waals surface area contributed by atoms with E-state index in [4.69, 9.17) is 55.6 Å². The van der Waals surface area contributed by atoms with Crippen LogP contribution in [0.3, 0.4) is 0 Å². The number of halogens is 7. The topological polar surface area (TPSA) is 442 Å². The number of sulfone groups is 1. The van der Waals surface area contributed by atoms with E-state index in [1.807, 2.05) is 77.4 Å². The Morgan fingerprint density at radius 1 is 0.410 bits per heavy atom. The zero-order valence-electron chi connectivity index (χ0n) is 66.1. The SMILES string of the molecule is CC1CN(c2ccnc(N)n2)c2ccccc21.CC1Cc2cc(Cl)ccc2N1c1ccnc(N)n1.CC1Cc2cc([N+](=O)[O-])ccc2N1c1ccnc(N)n1.CS(=O)(=O)c1ccc2c(c1)CCN2c1ccnc(N)n1.Cl.Cl.Cl.Cl.Cl.Cl.Nc1nccc(N2CCc3ccccc32)n1.Nc1nccc(N2c3ccccc3CC2c2ccccc2)n1.O=C=O. The molecule has 0 fully saturated rings. The van der Waals surface area contributed by atoms with Crippen LogP contribution in [0.25, 0.3) is 0 Å². The van der Waals surface area contributed by atoms with Gasteiger partial charge in [-0.2, -0.15) is 39.5 Å². The maximum absolute atomic E-state index is 11.6. The average Bonchev–Trinajstić information content (AvgIpc) is 1.96. The lowest BCUT2D eigenvalue weighted by Gasteiger charge is -2.27. The molecule has 12 N–H and O–H groups in total. The van der Waals surface area contributed by atoms with E-state index in [0.29, 0.717) is 46.5 Å². The van der Waals surface area contributed by atoms with Crippen molar-refractivity contribution in [3.63, 3.8) is 0 Å². The van der Waals surface area contributed by atoms with Crippen molar-refractivity contribution >= 4 is 212 Å². The molecule has 122 heavy (non-hydrogen) atoms. The highest BCUT2D eigenvalue weighted by molar-refractivity contribution is 7.90. The lowest BCUT2D eigenvalue weighted by atomic mass is 10.0. The molecule has 0 bridgehead atoms. The summed E-state index contributed by atoms with van der Waals surface area (Å²) < 4.78 is 23.2. The first-order chi connectivity index (χ1) is 56.0. The molecule has 0 spiro atoms. The highest BCUT2D eigenvalue weighted by Gasteiger charge is 2.35. The number of nitro groups is 1. The second kappa shape index (κ2) is 43.6. The fraction of sp³-hybridized carbons (Fsp3) is 0.193. The number of nitrogen functional groups attached to an aromatic ring is 6. The molecule has 13 aromatic rings. The minimum Gasteiger partial charge on any atom is -0.368 e. The van der Waals surface area contributed by atoms with Gasteiger partial charge in [-0.05, 0) is 182 Å². The van der Waals surface area contributed by atoms with E-state index in [1.165, 1.54) is 57.2 Å². The number of benzene rings is 7. The van der Waals surface area contributed by atoms with E-state index in [0.717, 1.165) is 114 Å². The minimum absolute atomic E-state index is 0. The Morgan fingerprint density at radius 2 is 0.787 bits per heavy atom. The molecule has 31 nitrogen and oxygen atoms in total. The fourth-order valence-corrected chi connectivity index (χ4v) is 15.8. The van der Waals surface area contributed by atoms with E-state index in [9.17, 15) is 18.5 Å². The van der Waals surface area contributed by atoms with Crippen molar-refractivity contribution < 1.29 is 22.9 Å². The highest BCUT2D eigenvalue weighted by atomic mass is 35.5. The van der Waals surface area contributed by atoms with Crippen LogP contribution in [-0.4, -0.2) is 117 Å². The predicted molar refractivity (Wildman–Crippen MR) is 493 cm³/mol. The monoisotopic (exact) mass is 1810 g/mol. The summed E-state index contributed by atoms with van der Waals surface area (Å²) in [7, 11) is -3.18. The summed E-state index contributed by atoms with van der Waals surface area (Å²) in [4.78, 5) is 89.1. The molecule has 0 radical (unpaired) electrons. The van der Waals surface area contributed by atoms with Gasteiger partial charge in [-0.3, -0.25) is 10.1 Å². The van der Waals surface area contributed by atoms with Crippen molar-refractivity contribution in [1.82, 2.24) is 59.8 Å². The Kier molecular flexibility index (Phi) is 34.5. The lowest BCUT2D eigenvalue weighted by Crippen LogP contribution is -2.25. The maximum Gasteiger partial charge on any atom is 0.373 e. The van der Waals surface area contributed by atoms with Gasteiger partial charge in [0.25, 0.3) is 5.69 Å². The van der Waals surface area contributed by atoms with Crippen molar-refractivity contribution in [2.45, 2.75) is 81.8 Å². The number of carbonyl (C=O) groups excluding carboxylic acids is 2. The number of rotatable bonds is 9. The Morgan fingerprint density at radius 3 is 1.27 bits per heavy atom. The lowest BCUT2D eigenvalue weighted by molar-refractivity contribution is -0.384. The number of nitrogens with zero attached hydrogens (tertiary/aromatic N) is 19. The molecule has 19 rings (SSSR count). The molecule has 4 unspecified atom stereocenters. The Labute approximate surface area is 746 Å². The molecular weight excluding hydrogens is 1720 g/mol. The molecule has 6 aliphatic rings. The molecule has 7 aromatic carbocycles. The summed E-state index contributed by atoms with van der Waals surface area (Å²) in [5.41, 5.74) is 49.2. The summed E-state index contributed by atoms with van der Waals surface area (Å²) in [5, 5.41) is 11.6. The molecule has 0 saturated carbocycles. The third-order valence-electron chi connectivity index (χ3n) is 19.9. The smallest absolute Gasteiger partial charge is 0.368 e. The third kappa shape index (κ3) is 22.7. The quantitative estimate of drug-likeness (QED) is 0.0577. The van der Waals surface area contributed by atoms with Gasteiger partial charge in [0.05, 0.1) is 15.9 Å². The second-order valence-corrected chi connectivity index (χ2v) is 30.1. The predicted octanol–water partition coefficient (Wildman–Crippen LogP) is 15.5. The first-order valence-electron chi connectivity index (χ1n) is 36.9. The maximum atomic E-state index is 11.6. The van der Waals surface area contributed by atoms with Crippen LogP contribution in [0.5, 0.6) is 0 Å². The number of anilines is 18. The number of non-ortho nitro benzene ring substituents is 1. The summed E-state index contributed by atoms with van der Waals surface area (Å²) in [5.74, 6) is 7.03. The normalized spacial score (nSPS) is 15.2. The van der Waals surface area contributed by atoms with E-state index in [2.05, 4.69) is 184 Å². The van der Waals surface area contributed by atoms with Crippen molar-refractivity contribution in [2.75, 3.05) is 89.7 Å². The molecule has 12 heterocycles. The summed E-state index contributed by atoms with van der Waals surface area (Å²) in [6, 6.07) is 63.6. The summed E-state index contributed by atoms with van der Waals surface area (Å²) in [6.07, 6.45) is 16.0. The van der Waals surface area contributed by atoms with Gasteiger partial charge in [-0.1, -0.05) is 103 Å². The van der Waals surface area contributed by atoms with Crippen LogP contribution in [0, 0.1) is 10.1 Å². The number of aromatic nitrogens is 12. The molecule has 6 aliphatic heterocycles. The van der Waals surface area contributed by atoms with E-state index < -0.39 is 9.84 Å². The second-order valence-electron chi connectivity index (χ2n) is 27.6. The number of nitrogens with two attached hydrogens (primary N) is 6. The van der Waals surface area contributed by atoms with Crippen LogP contribution in [0.1, 0.15) is 71.7 Å². The number of hydrogen-bond donors (Lipinski definition) is 6.